The van der Waals surface area contributed by atoms with Crippen molar-refractivity contribution in [2.24, 2.45) is 17.3 Å². The van der Waals surface area contributed by atoms with Gasteiger partial charge in [0.15, 0.2) is 5.75 Å². The Bertz CT molecular complexity index is 1710. The SMILES string of the molecule is CC(C)(C)OC(=O)Oc1c(CCB2O[C@@H]3C[C@@H]4C[C@@H](C4(C)C)[C@]3(C)O2)ccc(OC2CN(C(=O)[C@@H]3C[C@H](O)CN3C(=O)OC(C)(C)C)C2)c1C(=O)OC(C)(C)C. The number of amides is 2. The summed E-state index contributed by atoms with van der Waals surface area (Å²) in [4.78, 5) is 56.6. The maximum Gasteiger partial charge on any atom is 0.514 e. The van der Waals surface area contributed by atoms with Crippen molar-refractivity contribution in [3.8, 4) is 11.5 Å². The monoisotopic (exact) mass is 784 g/mol. The Hall–Kier alpha value is -3.56. The van der Waals surface area contributed by atoms with Gasteiger partial charge in [0.1, 0.15) is 40.3 Å². The highest BCUT2D eigenvalue weighted by Gasteiger charge is 2.67. The van der Waals surface area contributed by atoms with Gasteiger partial charge >= 0.3 is 25.3 Å². The molecule has 1 N–H and O–H groups in total. The largest absolute Gasteiger partial charge is 0.514 e. The molecule has 0 radical (unpaired) electrons. The number of ether oxygens (including phenoxy) is 5. The summed E-state index contributed by atoms with van der Waals surface area (Å²) >= 11 is 0. The molecule has 7 rings (SSSR count). The first-order valence-corrected chi connectivity index (χ1v) is 20.0. The normalized spacial score (nSPS) is 28.5. The highest BCUT2D eigenvalue weighted by atomic mass is 16.7. The fraction of sp³-hybridized carbons (Fsp3) is 0.756. The molecule has 3 aliphatic heterocycles. The lowest BCUT2D eigenvalue weighted by molar-refractivity contribution is -0.199. The summed E-state index contributed by atoms with van der Waals surface area (Å²) in [5.74, 6) is -0.0299. The first kappa shape index (κ1) is 42.1. The van der Waals surface area contributed by atoms with Gasteiger partial charge in [-0.05, 0) is 124 Å². The molecule has 14 nitrogen and oxygen atoms in total. The second-order valence-electron chi connectivity index (χ2n) is 20.0. The molecule has 3 saturated carbocycles. The number of hydrogen-bond acceptors (Lipinski definition) is 12. The van der Waals surface area contributed by atoms with Crippen molar-refractivity contribution >= 4 is 31.2 Å². The van der Waals surface area contributed by atoms with Crippen LogP contribution in [-0.2, 0) is 34.7 Å². The molecule has 3 saturated heterocycles. The summed E-state index contributed by atoms with van der Waals surface area (Å²) in [6.07, 6.45) is -0.109. The molecule has 3 aliphatic carbocycles. The Kier molecular flexibility index (Phi) is 11.0. The first-order chi connectivity index (χ1) is 25.7. The minimum absolute atomic E-state index is 0.00269. The van der Waals surface area contributed by atoms with E-state index in [-0.39, 0.29) is 66.1 Å². The Labute approximate surface area is 331 Å². The lowest BCUT2D eigenvalue weighted by atomic mass is 9.43. The van der Waals surface area contributed by atoms with Gasteiger partial charge < -0.3 is 43.0 Å². The lowest BCUT2D eigenvalue weighted by Crippen LogP contribution is -2.65. The minimum Gasteiger partial charge on any atom is -0.486 e. The highest BCUT2D eigenvalue weighted by molar-refractivity contribution is 6.45. The predicted molar refractivity (Wildman–Crippen MR) is 205 cm³/mol. The second kappa shape index (κ2) is 14.7. The molecule has 6 fully saturated rings. The summed E-state index contributed by atoms with van der Waals surface area (Å²) in [7, 11) is -0.485. The number of aryl methyl sites for hydroxylation is 1. The van der Waals surface area contributed by atoms with Crippen molar-refractivity contribution in [3.05, 3.63) is 23.3 Å². The smallest absolute Gasteiger partial charge is 0.486 e. The molecule has 15 heteroatoms. The van der Waals surface area contributed by atoms with E-state index in [1.54, 1.807) is 74.4 Å². The highest BCUT2D eigenvalue weighted by Crippen LogP contribution is 2.65. The van der Waals surface area contributed by atoms with Crippen LogP contribution < -0.4 is 9.47 Å². The predicted octanol–water partition coefficient (Wildman–Crippen LogP) is 6.19. The van der Waals surface area contributed by atoms with Crippen molar-refractivity contribution < 1.29 is 57.3 Å². The van der Waals surface area contributed by atoms with Crippen LogP contribution in [0.3, 0.4) is 0 Å². The fourth-order valence-corrected chi connectivity index (χ4v) is 8.90. The third-order valence-electron chi connectivity index (χ3n) is 11.7. The summed E-state index contributed by atoms with van der Waals surface area (Å²) < 4.78 is 42.2. The average Bonchev–Trinajstić information content (AvgIpc) is 3.58. The molecule has 6 aliphatic rings. The van der Waals surface area contributed by atoms with Crippen molar-refractivity contribution in [2.75, 3.05) is 19.6 Å². The standard InChI is InChI=1S/C41H61BN2O12/c1-37(2,3)52-34(47)31-28(50-26-21-43(22-26)33(46)27-19-25(45)20-44(27)35(48)53-38(4,5)6)14-13-23(32(31)51-36(49)54-39(7,8)9)15-16-42-55-30-18-24-17-29(40(24,10)11)41(30,12)56-42/h13-14,24-27,29-30,45H,15-22H2,1-12H3/t24-,25-,27-,29-,30+,41-/m0/s1. The maximum atomic E-state index is 14.0. The number of likely N-dealkylation sites (tertiary alicyclic amines) is 2. The minimum atomic E-state index is -0.997. The van der Waals surface area contributed by atoms with Crippen LogP contribution in [-0.4, -0.2) is 113 Å². The third-order valence-corrected chi connectivity index (χ3v) is 11.7. The van der Waals surface area contributed by atoms with Gasteiger partial charge in [-0.1, -0.05) is 19.9 Å². The number of hydrogen-bond donors (Lipinski definition) is 1. The fourth-order valence-electron chi connectivity index (χ4n) is 8.90. The molecule has 0 spiro atoms. The van der Waals surface area contributed by atoms with E-state index in [9.17, 15) is 24.3 Å². The van der Waals surface area contributed by atoms with Gasteiger partial charge in [-0.3, -0.25) is 9.69 Å². The number of carbonyl (C=O) groups excluding carboxylic acids is 4. The Balaban J connectivity index is 1.22. The molecule has 2 bridgehead atoms. The molecule has 310 valence electrons. The van der Waals surface area contributed by atoms with E-state index in [0.717, 1.165) is 12.8 Å². The zero-order valence-electron chi connectivity index (χ0n) is 35.2. The zero-order chi connectivity index (χ0) is 41.3. The van der Waals surface area contributed by atoms with Gasteiger partial charge in [-0.15, -0.1) is 0 Å². The van der Waals surface area contributed by atoms with Gasteiger partial charge in [0.2, 0.25) is 5.91 Å². The molecule has 0 unspecified atom stereocenters. The zero-order valence-corrected chi connectivity index (χ0v) is 35.2. The molecule has 56 heavy (non-hydrogen) atoms. The van der Waals surface area contributed by atoms with Crippen LogP contribution in [0.15, 0.2) is 12.1 Å². The Morgan fingerprint density at radius 2 is 1.52 bits per heavy atom. The van der Waals surface area contributed by atoms with Crippen molar-refractivity contribution in [3.63, 3.8) is 0 Å². The van der Waals surface area contributed by atoms with E-state index >= 15 is 0 Å². The summed E-state index contributed by atoms with van der Waals surface area (Å²) in [6, 6.07) is 2.50. The van der Waals surface area contributed by atoms with Gasteiger partial charge in [0, 0.05) is 6.42 Å². The topological polar surface area (TPSA) is 160 Å². The molecule has 0 aromatic heterocycles. The van der Waals surface area contributed by atoms with Gasteiger partial charge in [-0.25, -0.2) is 14.4 Å². The van der Waals surface area contributed by atoms with E-state index < -0.39 is 60.4 Å². The number of β-amino-alcohol motifs (C(OH)–C–C–N with tert-alkyl or cyclic N) is 1. The second-order valence-corrected chi connectivity index (χ2v) is 20.0. The lowest BCUT2D eigenvalue weighted by Gasteiger charge is -2.64. The molecule has 1 aromatic rings. The van der Waals surface area contributed by atoms with Crippen molar-refractivity contribution in [1.82, 2.24) is 9.80 Å². The van der Waals surface area contributed by atoms with Crippen LogP contribution in [0.5, 0.6) is 11.5 Å². The van der Waals surface area contributed by atoms with E-state index in [2.05, 4.69) is 20.8 Å². The first-order valence-electron chi connectivity index (χ1n) is 20.0. The van der Waals surface area contributed by atoms with Crippen LogP contribution in [0.4, 0.5) is 9.59 Å². The molecular formula is C41H61BN2O12. The third kappa shape index (κ3) is 8.79. The number of nitrogens with zero attached hydrogens (tertiary/aromatic N) is 2. The van der Waals surface area contributed by atoms with Crippen molar-refractivity contribution in [1.29, 1.82) is 0 Å². The number of aliphatic hydroxyl groups is 1. The number of aliphatic hydroxyl groups excluding tert-OH is 1. The van der Waals surface area contributed by atoms with E-state index in [0.29, 0.717) is 30.1 Å². The summed E-state index contributed by atoms with van der Waals surface area (Å²) in [6.45, 7) is 22.6. The maximum absolute atomic E-state index is 14.0. The van der Waals surface area contributed by atoms with Gasteiger partial charge in [0.25, 0.3) is 0 Å². The summed E-state index contributed by atoms with van der Waals surface area (Å²) in [5, 5.41) is 10.4. The number of carbonyl (C=O) groups is 4. The van der Waals surface area contributed by atoms with Gasteiger partial charge in [0.05, 0.1) is 37.4 Å². The molecule has 6 atom stereocenters. The van der Waals surface area contributed by atoms with Gasteiger partial charge in [-0.2, -0.15) is 0 Å². The summed E-state index contributed by atoms with van der Waals surface area (Å²) in [5.41, 5.74) is -2.28. The Morgan fingerprint density at radius 1 is 0.875 bits per heavy atom. The molecular weight excluding hydrogens is 723 g/mol. The average molecular weight is 785 g/mol. The molecule has 1 aromatic carbocycles. The van der Waals surface area contributed by atoms with Crippen LogP contribution in [0.2, 0.25) is 6.32 Å². The number of rotatable bonds is 8. The number of benzene rings is 1. The quantitative estimate of drug-likeness (QED) is 0.138. The van der Waals surface area contributed by atoms with Crippen LogP contribution >= 0.6 is 0 Å². The van der Waals surface area contributed by atoms with E-state index in [1.165, 1.54) is 9.80 Å². The van der Waals surface area contributed by atoms with E-state index in [4.69, 9.17) is 33.0 Å². The van der Waals surface area contributed by atoms with Crippen LogP contribution in [0.25, 0.3) is 0 Å². The van der Waals surface area contributed by atoms with Crippen LogP contribution in [0.1, 0.15) is 118 Å². The molecule has 2 amide bonds. The Morgan fingerprint density at radius 3 is 2.12 bits per heavy atom. The molecule has 3 heterocycles. The number of esters is 1. The van der Waals surface area contributed by atoms with E-state index in [1.807, 2.05) is 0 Å². The van der Waals surface area contributed by atoms with Crippen LogP contribution in [0, 0.1) is 17.3 Å². The van der Waals surface area contributed by atoms with Crippen molar-refractivity contribution in [2.45, 2.75) is 162 Å².